The number of allylic oxidation sites excluding steroid dienone is 2. The molecule has 0 saturated heterocycles. The van der Waals surface area contributed by atoms with E-state index in [-0.39, 0.29) is 53.9 Å². The Morgan fingerprint density at radius 1 is 1.25 bits per heavy atom. The Morgan fingerprint density at radius 2 is 1.94 bits per heavy atom. The zero-order valence-corrected chi connectivity index (χ0v) is 20.7. The first-order chi connectivity index (χ1) is 16.9. The topological polar surface area (TPSA) is 86.6 Å². The molecule has 0 aromatic heterocycles. The SMILES string of the molecule is C=C1C[C@]23C[C@@]1(O)CC[C@H]2C1=C[C@@H](C)[C@@H]2C(O)C(=O)C[C@@]2(C)C1[C@@H]3C(=O)NCc1c(F)cccc1F. The summed E-state index contributed by atoms with van der Waals surface area (Å²) in [6, 6.07) is 3.61. The first-order valence-electron chi connectivity index (χ1n) is 13.0. The summed E-state index contributed by atoms with van der Waals surface area (Å²) in [6.07, 6.45) is 3.48. The molecule has 2 bridgehead atoms. The highest BCUT2D eigenvalue weighted by atomic mass is 19.1. The smallest absolute Gasteiger partial charge is 0.224 e. The molecule has 0 aliphatic heterocycles. The van der Waals surface area contributed by atoms with E-state index < -0.39 is 40.1 Å². The summed E-state index contributed by atoms with van der Waals surface area (Å²) in [4.78, 5) is 26.9. The second-order valence-corrected chi connectivity index (χ2v) is 12.3. The van der Waals surface area contributed by atoms with Crippen LogP contribution in [0.15, 0.2) is 42.0 Å². The quantitative estimate of drug-likeness (QED) is 0.554. The molecule has 192 valence electrons. The number of rotatable bonds is 3. The van der Waals surface area contributed by atoms with Crippen molar-refractivity contribution in [1.29, 1.82) is 0 Å². The lowest BCUT2D eigenvalue weighted by atomic mass is 9.56. The van der Waals surface area contributed by atoms with E-state index >= 15 is 0 Å². The van der Waals surface area contributed by atoms with Gasteiger partial charge in [0.05, 0.1) is 11.5 Å². The normalized spacial score (nSPS) is 44.7. The van der Waals surface area contributed by atoms with Crippen LogP contribution >= 0.6 is 0 Å². The van der Waals surface area contributed by atoms with Crippen LogP contribution in [0.2, 0.25) is 0 Å². The fraction of sp³-hybridized carbons (Fsp3) is 0.586. The summed E-state index contributed by atoms with van der Waals surface area (Å²) in [7, 11) is 0. The third kappa shape index (κ3) is 2.93. The van der Waals surface area contributed by atoms with Crippen molar-refractivity contribution >= 4 is 11.7 Å². The number of carbonyl (C=O) groups excluding carboxylic acids is 2. The Bertz CT molecular complexity index is 1210. The van der Waals surface area contributed by atoms with Gasteiger partial charge in [0.25, 0.3) is 0 Å². The van der Waals surface area contributed by atoms with E-state index in [0.29, 0.717) is 25.7 Å². The van der Waals surface area contributed by atoms with Gasteiger partial charge in [-0.05, 0) is 72.0 Å². The Labute approximate surface area is 209 Å². The molecule has 5 aliphatic rings. The summed E-state index contributed by atoms with van der Waals surface area (Å²) in [5, 5.41) is 25.0. The number of ketones is 1. The molecule has 1 aromatic rings. The predicted octanol–water partition coefficient (Wildman–Crippen LogP) is 3.84. The zero-order valence-electron chi connectivity index (χ0n) is 20.7. The molecule has 4 fully saturated rings. The molecule has 5 aliphatic carbocycles. The van der Waals surface area contributed by atoms with E-state index in [1.54, 1.807) is 0 Å². The number of Topliss-reactive ketones (excluding diaryl/α,β-unsaturated/α-hetero) is 1. The van der Waals surface area contributed by atoms with Crippen molar-refractivity contribution in [1.82, 2.24) is 5.32 Å². The van der Waals surface area contributed by atoms with Crippen molar-refractivity contribution in [2.45, 2.75) is 64.2 Å². The molecule has 6 rings (SSSR count). The van der Waals surface area contributed by atoms with Gasteiger partial charge in [0, 0.05) is 24.4 Å². The number of halogens is 2. The number of fused-ring (bicyclic) bond motifs is 5. The van der Waals surface area contributed by atoms with Crippen molar-refractivity contribution in [2.24, 2.45) is 40.4 Å². The van der Waals surface area contributed by atoms with Crippen LogP contribution in [-0.2, 0) is 16.1 Å². The van der Waals surface area contributed by atoms with Crippen molar-refractivity contribution in [3.8, 4) is 0 Å². The highest BCUT2D eigenvalue weighted by molar-refractivity contribution is 5.88. The van der Waals surface area contributed by atoms with Crippen molar-refractivity contribution in [2.75, 3.05) is 0 Å². The van der Waals surface area contributed by atoms with E-state index in [1.165, 1.54) is 6.07 Å². The van der Waals surface area contributed by atoms with Crippen LogP contribution in [0.3, 0.4) is 0 Å². The minimum atomic E-state index is -1.07. The number of amides is 1. The minimum Gasteiger partial charge on any atom is -0.386 e. The minimum absolute atomic E-state index is 0.0283. The Kier molecular flexibility index (Phi) is 5.05. The van der Waals surface area contributed by atoms with E-state index in [4.69, 9.17) is 0 Å². The zero-order chi connectivity index (χ0) is 25.8. The standard InChI is InChI=1S/C29H33F2NO4/c1-14-9-16-18-7-8-29(36)13-28(18,10-15(29)2)24(23(16)27(3)11-21(33)25(34)22(14)27)26(35)32-12-17-19(30)5-4-6-20(17)31/h4-6,9,14,18,22-25,34,36H,2,7-8,10-13H2,1,3H3,(H,32,35)/t14-,18+,22-,23?,24-,25?,27-,28+,29+/m1/s1. The van der Waals surface area contributed by atoms with Crippen LogP contribution in [0, 0.1) is 52.1 Å². The van der Waals surface area contributed by atoms with Crippen LogP contribution in [0.5, 0.6) is 0 Å². The number of aliphatic hydroxyl groups excluding tert-OH is 1. The van der Waals surface area contributed by atoms with Crippen LogP contribution in [0.1, 0.15) is 51.5 Å². The highest BCUT2D eigenvalue weighted by Crippen LogP contribution is 2.75. The van der Waals surface area contributed by atoms with Gasteiger partial charge in [-0.1, -0.05) is 38.1 Å². The monoisotopic (exact) mass is 497 g/mol. The number of hydrogen-bond acceptors (Lipinski definition) is 4. The first-order valence-corrected chi connectivity index (χ1v) is 13.0. The summed E-state index contributed by atoms with van der Waals surface area (Å²) >= 11 is 0. The number of benzene rings is 1. The largest absolute Gasteiger partial charge is 0.386 e. The van der Waals surface area contributed by atoms with Crippen LogP contribution in [-0.4, -0.2) is 33.6 Å². The lowest BCUT2D eigenvalue weighted by molar-refractivity contribution is -0.135. The Hall–Kier alpha value is -2.38. The fourth-order valence-corrected chi connectivity index (χ4v) is 9.30. The third-order valence-corrected chi connectivity index (χ3v) is 10.6. The van der Waals surface area contributed by atoms with Crippen LogP contribution in [0.4, 0.5) is 8.78 Å². The van der Waals surface area contributed by atoms with Gasteiger partial charge in [-0.25, -0.2) is 8.78 Å². The van der Waals surface area contributed by atoms with Gasteiger partial charge >= 0.3 is 0 Å². The van der Waals surface area contributed by atoms with Gasteiger partial charge in [-0.15, -0.1) is 0 Å². The second kappa shape index (κ2) is 7.57. The molecule has 0 radical (unpaired) electrons. The maximum Gasteiger partial charge on any atom is 0.224 e. The van der Waals surface area contributed by atoms with Gasteiger partial charge in [-0.2, -0.15) is 0 Å². The van der Waals surface area contributed by atoms with E-state index in [2.05, 4.69) is 18.0 Å². The average molecular weight is 498 g/mol. The van der Waals surface area contributed by atoms with Gasteiger partial charge in [0.15, 0.2) is 5.78 Å². The first kappa shape index (κ1) is 24.0. The molecular weight excluding hydrogens is 464 g/mol. The lowest BCUT2D eigenvalue weighted by Crippen LogP contribution is -2.50. The molecule has 4 saturated carbocycles. The maximum atomic E-state index is 14.3. The number of carbonyl (C=O) groups is 2. The van der Waals surface area contributed by atoms with Gasteiger partial charge < -0.3 is 15.5 Å². The van der Waals surface area contributed by atoms with E-state index in [9.17, 15) is 28.6 Å². The number of nitrogens with one attached hydrogen (secondary N) is 1. The van der Waals surface area contributed by atoms with E-state index in [0.717, 1.165) is 23.3 Å². The van der Waals surface area contributed by atoms with Crippen molar-refractivity contribution < 1.29 is 28.6 Å². The van der Waals surface area contributed by atoms with Gasteiger partial charge in [-0.3, -0.25) is 9.59 Å². The number of hydrogen-bond donors (Lipinski definition) is 3. The van der Waals surface area contributed by atoms with Crippen LogP contribution < -0.4 is 5.32 Å². The molecular formula is C29H33F2NO4. The summed E-state index contributed by atoms with van der Waals surface area (Å²) in [5.74, 6) is -3.15. The maximum absolute atomic E-state index is 14.3. The summed E-state index contributed by atoms with van der Waals surface area (Å²) in [6.45, 7) is 7.94. The lowest BCUT2D eigenvalue weighted by Gasteiger charge is -2.47. The summed E-state index contributed by atoms with van der Waals surface area (Å²) < 4.78 is 28.6. The molecule has 36 heavy (non-hydrogen) atoms. The summed E-state index contributed by atoms with van der Waals surface area (Å²) in [5.41, 5.74) is -0.543. The molecule has 1 aromatic carbocycles. The molecule has 0 heterocycles. The molecule has 1 spiro atoms. The van der Waals surface area contributed by atoms with Crippen LogP contribution in [0.25, 0.3) is 0 Å². The highest BCUT2D eigenvalue weighted by Gasteiger charge is 2.73. The molecule has 2 unspecified atom stereocenters. The third-order valence-electron chi connectivity index (χ3n) is 10.6. The predicted molar refractivity (Wildman–Crippen MR) is 128 cm³/mol. The second-order valence-electron chi connectivity index (χ2n) is 12.3. The Balaban J connectivity index is 1.45. The Morgan fingerprint density at radius 3 is 2.64 bits per heavy atom. The fourth-order valence-electron chi connectivity index (χ4n) is 9.30. The molecule has 7 heteroatoms. The van der Waals surface area contributed by atoms with Crippen molar-refractivity contribution in [3.05, 3.63) is 59.2 Å². The molecule has 1 amide bonds. The van der Waals surface area contributed by atoms with Gasteiger partial charge in [0.1, 0.15) is 17.7 Å². The van der Waals surface area contributed by atoms with Crippen molar-refractivity contribution in [3.63, 3.8) is 0 Å². The molecule has 9 atom stereocenters. The van der Waals surface area contributed by atoms with Gasteiger partial charge in [0.2, 0.25) is 5.91 Å². The number of aliphatic hydroxyl groups is 2. The average Bonchev–Trinajstić information content (AvgIpc) is 3.29. The van der Waals surface area contributed by atoms with E-state index in [1.807, 2.05) is 13.8 Å². The molecule has 3 N–H and O–H groups in total. The molecule has 5 nitrogen and oxygen atoms in total.